The second-order valence-electron chi connectivity index (χ2n) is 6.20. The zero-order valence-electron chi connectivity index (χ0n) is 16.6. The molecule has 1 heterocycles. The Morgan fingerprint density at radius 1 is 1.19 bits per heavy atom. The fourth-order valence-corrected chi connectivity index (χ4v) is 3.95. The zero-order valence-corrected chi connectivity index (χ0v) is 18.2. The van der Waals surface area contributed by atoms with Crippen LogP contribution in [0.25, 0.3) is 6.08 Å². The lowest BCUT2D eigenvalue weighted by atomic mass is 10.1. The van der Waals surface area contributed by atoms with E-state index >= 15 is 0 Å². The van der Waals surface area contributed by atoms with Gasteiger partial charge in [0.25, 0.3) is 5.91 Å². The fraction of sp³-hybridized carbons (Fsp3) is 0.136. The number of esters is 1. The van der Waals surface area contributed by atoms with E-state index in [2.05, 4.69) is 4.99 Å². The molecule has 0 aromatic heterocycles. The van der Waals surface area contributed by atoms with Gasteiger partial charge in [0.15, 0.2) is 11.5 Å². The third kappa shape index (κ3) is 4.92. The van der Waals surface area contributed by atoms with Gasteiger partial charge < -0.3 is 19.7 Å². The molecule has 1 amide bonds. The highest BCUT2D eigenvalue weighted by Gasteiger charge is 2.34. The molecule has 0 fully saturated rings. The van der Waals surface area contributed by atoms with Crippen molar-refractivity contribution in [2.45, 2.75) is 6.92 Å². The van der Waals surface area contributed by atoms with E-state index in [4.69, 9.17) is 21.1 Å². The van der Waals surface area contributed by atoms with Gasteiger partial charge in [0.1, 0.15) is 16.4 Å². The van der Waals surface area contributed by atoms with Crippen LogP contribution in [-0.2, 0) is 9.53 Å². The highest BCUT2D eigenvalue weighted by Crippen LogP contribution is 2.41. The molecule has 3 rings (SSSR count). The van der Waals surface area contributed by atoms with Gasteiger partial charge in [-0.15, -0.1) is 0 Å². The molecule has 7 nitrogen and oxygen atoms in total. The second kappa shape index (κ2) is 9.72. The van der Waals surface area contributed by atoms with Crippen molar-refractivity contribution < 1.29 is 29.3 Å². The van der Waals surface area contributed by atoms with Gasteiger partial charge in [-0.25, -0.2) is 9.79 Å². The molecule has 1 aliphatic rings. The topological polar surface area (TPSA) is 105 Å². The van der Waals surface area contributed by atoms with E-state index in [0.29, 0.717) is 11.1 Å². The summed E-state index contributed by atoms with van der Waals surface area (Å²) in [6.45, 7) is 1.72. The minimum Gasteiger partial charge on any atom is -0.506 e. The Morgan fingerprint density at radius 3 is 2.55 bits per heavy atom. The lowest BCUT2D eigenvalue weighted by molar-refractivity contribution is -0.138. The summed E-state index contributed by atoms with van der Waals surface area (Å²) in [5, 5.41) is 20.7. The third-order valence-electron chi connectivity index (χ3n) is 4.16. The predicted octanol–water partition coefficient (Wildman–Crippen LogP) is 4.76. The van der Waals surface area contributed by atoms with Crippen molar-refractivity contribution in [2.75, 3.05) is 13.7 Å². The largest absolute Gasteiger partial charge is 0.506 e. The maximum Gasteiger partial charge on any atom is 0.344 e. The number of methoxy groups -OCH3 is 1. The summed E-state index contributed by atoms with van der Waals surface area (Å²) >= 11 is 6.96. The molecular weight excluding hydrogens is 442 g/mol. The van der Waals surface area contributed by atoms with Crippen molar-refractivity contribution in [3.05, 3.63) is 74.9 Å². The molecule has 9 heteroatoms. The number of hydrogen-bond donors (Lipinski definition) is 2. The molecule has 2 aromatic carbocycles. The van der Waals surface area contributed by atoms with E-state index in [9.17, 15) is 19.8 Å². The number of aliphatic hydroxyl groups is 1. The van der Waals surface area contributed by atoms with E-state index in [-0.39, 0.29) is 44.4 Å². The van der Waals surface area contributed by atoms with Gasteiger partial charge in [0, 0.05) is 5.56 Å². The number of ether oxygens (including phenoxy) is 2. The van der Waals surface area contributed by atoms with Crippen LogP contribution in [0.15, 0.2) is 63.7 Å². The average Bonchev–Trinajstić information content (AvgIpc) is 3.05. The van der Waals surface area contributed by atoms with Crippen LogP contribution in [0.2, 0.25) is 5.02 Å². The van der Waals surface area contributed by atoms with Crippen LogP contribution < -0.4 is 4.74 Å². The summed E-state index contributed by atoms with van der Waals surface area (Å²) in [5.41, 5.74) is 0.637. The first-order chi connectivity index (χ1) is 14.8. The maximum atomic E-state index is 12.5. The number of phenols is 1. The smallest absolute Gasteiger partial charge is 0.344 e. The standard InChI is InChI=1S/C22H18ClNO6S/c1-3-30-22(28)17-19(26)16(11-12-9-14(23)18(25)15(10-12)29-2)31-21(17)24-20(27)13-7-5-4-6-8-13/h4-11,25-26H,3H2,1-2H3/b16-11-,24-21?. The first-order valence-electron chi connectivity index (χ1n) is 9.10. The third-order valence-corrected chi connectivity index (χ3v) is 5.47. The number of benzene rings is 2. The molecule has 0 bridgehead atoms. The normalized spacial score (nSPS) is 16.1. The van der Waals surface area contributed by atoms with Crippen LogP contribution >= 0.6 is 23.4 Å². The second-order valence-corrected chi connectivity index (χ2v) is 7.63. The number of amides is 1. The predicted molar refractivity (Wildman–Crippen MR) is 120 cm³/mol. The molecular formula is C22H18ClNO6S. The molecule has 2 N–H and O–H groups in total. The zero-order chi connectivity index (χ0) is 22.5. The first kappa shape index (κ1) is 22.5. The van der Waals surface area contributed by atoms with Crippen LogP contribution in [-0.4, -0.2) is 40.8 Å². The number of halogens is 1. The van der Waals surface area contributed by atoms with E-state index < -0.39 is 11.9 Å². The van der Waals surface area contributed by atoms with Gasteiger partial charge in [-0.2, -0.15) is 0 Å². The van der Waals surface area contributed by atoms with Crippen LogP contribution in [0, 0.1) is 0 Å². The van der Waals surface area contributed by atoms with Crippen LogP contribution in [0.5, 0.6) is 11.5 Å². The van der Waals surface area contributed by atoms with E-state index in [1.54, 1.807) is 37.3 Å². The van der Waals surface area contributed by atoms with Crippen molar-refractivity contribution >= 4 is 46.4 Å². The Kier molecular flexibility index (Phi) is 7.04. The summed E-state index contributed by atoms with van der Waals surface area (Å²) in [7, 11) is 1.38. The number of carbonyl (C=O) groups excluding carboxylic acids is 2. The lowest BCUT2D eigenvalue weighted by Crippen LogP contribution is -2.14. The Balaban J connectivity index is 2.05. The molecule has 2 aromatic rings. The van der Waals surface area contributed by atoms with Crippen molar-refractivity contribution in [1.82, 2.24) is 0 Å². The molecule has 160 valence electrons. The van der Waals surface area contributed by atoms with Crippen molar-refractivity contribution in [3.8, 4) is 11.5 Å². The number of rotatable bonds is 5. The van der Waals surface area contributed by atoms with Gasteiger partial charge in [0.2, 0.25) is 0 Å². The van der Waals surface area contributed by atoms with Crippen molar-refractivity contribution in [2.24, 2.45) is 4.99 Å². The highest BCUT2D eigenvalue weighted by atomic mass is 35.5. The molecule has 1 aliphatic heterocycles. The van der Waals surface area contributed by atoms with E-state index in [1.807, 2.05) is 0 Å². The number of aliphatic hydroxyl groups excluding tert-OH is 1. The SMILES string of the molecule is CCOC(=O)C1=C(O)/C(=C/c2cc(Cl)c(O)c(OC)c2)SC1=NC(=O)c1ccccc1. The first-order valence-corrected chi connectivity index (χ1v) is 10.3. The molecule has 31 heavy (non-hydrogen) atoms. The number of aromatic hydroxyl groups is 1. The van der Waals surface area contributed by atoms with Gasteiger partial charge in [-0.1, -0.05) is 41.6 Å². The van der Waals surface area contributed by atoms with Gasteiger partial charge >= 0.3 is 5.97 Å². The number of thioether (sulfide) groups is 1. The molecule has 0 radical (unpaired) electrons. The Labute approximate surface area is 187 Å². The minimum absolute atomic E-state index is 0.0212. The van der Waals surface area contributed by atoms with Crippen LogP contribution in [0.3, 0.4) is 0 Å². The van der Waals surface area contributed by atoms with Crippen LogP contribution in [0.4, 0.5) is 0 Å². The molecule has 0 saturated heterocycles. The summed E-state index contributed by atoms with van der Waals surface area (Å²) in [5.74, 6) is -1.80. The quantitative estimate of drug-likeness (QED) is 0.621. The van der Waals surface area contributed by atoms with Gasteiger partial charge in [-0.05, 0) is 42.8 Å². The van der Waals surface area contributed by atoms with E-state index in [0.717, 1.165) is 11.8 Å². The molecule has 0 atom stereocenters. The maximum absolute atomic E-state index is 12.5. The van der Waals surface area contributed by atoms with Gasteiger partial charge in [-0.3, -0.25) is 4.79 Å². The van der Waals surface area contributed by atoms with Crippen molar-refractivity contribution in [1.29, 1.82) is 0 Å². The summed E-state index contributed by atoms with van der Waals surface area (Å²) in [4.78, 5) is 29.2. The van der Waals surface area contributed by atoms with Gasteiger partial charge in [0.05, 0.1) is 23.6 Å². The molecule has 0 saturated carbocycles. The Hall–Kier alpha value is -3.23. The number of hydrogen-bond acceptors (Lipinski definition) is 7. The number of phenolic OH excluding ortho intramolecular Hbond substituents is 1. The summed E-state index contributed by atoms with van der Waals surface area (Å²) in [6, 6.07) is 11.3. The number of aliphatic imine (C=N–C) groups is 1. The molecule has 0 unspecified atom stereocenters. The summed E-state index contributed by atoms with van der Waals surface area (Å²) in [6.07, 6.45) is 1.53. The molecule has 0 spiro atoms. The lowest BCUT2D eigenvalue weighted by Gasteiger charge is -2.07. The summed E-state index contributed by atoms with van der Waals surface area (Å²) < 4.78 is 10.1. The Morgan fingerprint density at radius 2 is 1.90 bits per heavy atom. The van der Waals surface area contributed by atoms with E-state index in [1.165, 1.54) is 25.3 Å². The molecule has 0 aliphatic carbocycles. The highest BCUT2D eigenvalue weighted by molar-refractivity contribution is 8.18. The Bertz CT molecular complexity index is 1120. The van der Waals surface area contributed by atoms with Crippen molar-refractivity contribution in [3.63, 3.8) is 0 Å². The van der Waals surface area contributed by atoms with Crippen LogP contribution in [0.1, 0.15) is 22.8 Å². The fourth-order valence-electron chi connectivity index (χ4n) is 2.71. The monoisotopic (exact) mass is 459 g/mol. The number of carbonyl (C=O) groups is 2. The minimum atomic E-state index is -0.795. The number of nitrogens with zero attached hydrogens (tertiary/aromatic N) is 1. The average molecular weight is 460 g/mol.